The lowest BCUT2D eigenvalue weighted by Gasteiger charge is -2.27. The summed E-state index contributed by atoms with van der Waals surface area (Å²) in [5, 5.41) is 11.1. The molecule has 5 heteroatoms. The van der Waals surface area contributed by atoms with Crippen molar-refractivity contribution in [3.63, 3.8) is 0 Å². The number of nitrogens with zero attached hydrogens (tertiary/aromatic N) is 2. The van der Waals surface area contributed by atoms with E-state index in [2.05, 4.69) is 43.2 Å². The van der Waals surface area contributed by atoms with Crippen molar-refractivity contribution in [3.8, 4) is 0 Å². The maximum Gasteiger partial charge on any atom is 0.158 e. The molecule has 0 aliphatic rings. The lowest BCUT2D eigenvalue weighted by Crippen LogP contribution is -2.26. The Hall–Kier alpha value is -1.23. The third-order valence-electron chi connectivity index (χ3n) is 3.04. The second-order valence-corrected chi connectivity index (χ2v) is 5.75. The first-order valence-corrected chi connectivity index (χ1v) is 6.08. The van der Waals surface area contributed by atoms with E-state index in [4.69, 9.17) is 18.0 Å². The van der Waals surface area contributed by atoms with E-state index in [1.807, 2.05) is 0 Å². The Labute approximate surface area is 108 Å². The Kier molecular flexibility index (Phi) is 4.40. The molecule has 0 saturated heterocycles. The van der Waals surface area contributed by atoms with Crippen LogP contribution in [0.1, 0.15) is 33.3 Å². The maximum absolute atomic E-state index is 5.63. The maximum atomic E-state index is 5.63. The first-order valence-electron chi connectivity index (χ1n) is 5.67. The molecule has 0 fully saturated rings. The fourth-order valence-electron chi connectivity index (χ4n) is 1.22. The molecule has 1 heterocycles. The van der Waals surface area contributed by atoms with Gasteiger partial charge in [-0.3, -0.25) is 0 Å². The molecule has 1 aromatic rings. The first-order chi connectivity index (χ1) is 7.82. The van der Waals surface area contributed by atoms with Crippen LogP contribution in [0.5, 0.6) is 0 Å². The van der Waals surface area contributed by atoms with Crippen LogP contribution in [0.3, 0.4) is 0 Å². The summed E-state index contributed by atoms with van der Waals surface area (Å²) >= 11 is 4.97. The third kappa shape index (κ3) is 3.93. The predicted molar refractivity (Wildman–Crippen MR) is 75.0 cm³/mol. The van der Waals surface area contributed by atoms with Crippen LogP contribution in [0, 0.1) is 11.3 Å². The summed E-state index contributed by atoms with van der Waals surface area (Å²) in [6.45, 7) is 9.65. The van der Waals surface area contributed by atoms with Gasteiger partial charge in [-0.05, 0) is 17.4 Å². The van der Waals surface area contributed by atoms with Crippen molar-refractivity contribution in [2.45, 2.75) is 27.7 Å². The standard InChI is InChI=1S/C12H20N4S/c1-8(12(2,3)4)7-14-11-9(10(13)17)5-6-15-16-11/h5-6,8H,7H2,1-4H3,(H2,13,17)(H,14,16). The SMILES string of the molecule is CC(CNc1nnccc1C(N)=S)C(C)(C)C. The number of hydrogen-bond donors (Lipinski definition) is 2. The van der Waals surface area contributed by atoms with Crippen molar-refractivity contribution in [2.24, 2.45) is 17.1 Å². The van der Waals surface area contributed by atoms with Crippen molar-refractivity contribution < 1.29 is 0 Å². The summed E-state index contributed by atoms with van der Waals surface area (Å²) in [5.41, 5.74) is 6.63. The summed E-state index contributed by atoms with van der Waals surface area (Å²) in [7, 11) is 0. The van der Waals surface area contributed by atoms with Gasteiger partial charge in [-0.2, -0.15) is 5.10 Å². The van der Waals surface area contributed by atoms with Gasteiger partial charge in [-0.15, -0.1) is 5.10 Å². The molecule has 1 atom stereocenters. The molecule has 0 bridgehead atoms. The monoisotopic (exact) mass is 252 g/mol. The summed E-state index contributed by atoms with van der Waals surface area (Å²) in [4.78, 5) is 0.339. The molecule has 3 N–H and O–H groups in total. The van der Waals surface area contributed by atoms with Crippen LogP contribution in [-0.2, 0) is 0 Å². The zero-order chi connectivity index (χ0) is 13.1. The molecule has 0 aromatic carbocycles. The molecular weight excluding hydrogens is 232 g/mol. The molecule has 0 aliphatic carbocycles. The summed E-state index contributed by atoms with van der Waals surface area (Å²) in [5.74, 6) is 1.17. The number of nitrogens with one attached hydrogen (secondary N) is 1. The van der Waals surface area contributed by atoms with E-state index >= 15 is 0 Å². The molecule has 1 rings (SSSR count). The fraction of sp³-hybridized carbons (Fsp3) is 0.583. The van der Waals surface area contributed by atoms with Gasteiger partial charge in [0.1, 0.15) is 4.99 Å². The minimum absolute atomic E-state index is 0.249. The Morgan fingerprint density at radius 2 is 2.18 bits per heavy atom. The number of aromatic nitrogens is 2. The Morgan fingerprint density at radius 3 is 2.71 bits per heavy atom. The van der Waals surface area contributed by atoms with Crippen molar-refractivity contribution >= 4 is 23.0 Å². The molecule has 0 amide bonds. The van der Waals surface area contributed by atoms with Gasteiger partial charge in [0.2, 0.25) is 0 Å². The van der Waals surface area contributed by atoms with Crippen LogP contribution in [-0.4, -0.2) is 21.7 Å². The van der Waals surface area contributed by atoms with Gasteiger partial charge in [0, 0.05) is 6.54 Å². The van der Waals surface area contributed by atoms with E-state index in [-0.39, 0.29) is 5.41 Å². The number of nitrogens with two attached hydrogens (primary N) is 1. The molecule has 0 spiro atoms. The first kappa shape index (κ1) is 13.8. The van der Waals surface area contributed by atoms with Crippen molar-refractivity contribution in [3.05, 3.63) is 17.8 Å². The highest BCUT2D eigenvalue weighted by Crippen LogP contribution is 2.25. The highest BCUT2D eigenvalue weighted by atomic mass is 32.1. The van der Waals surface area contributed by atoms with Crippen molar-refractivity contribution in [1.82, 2.24) is 10.2 Å². The molecule has 1 aromatic heterocycles. The van der Waals surface area contributed by atoms with Gasteiger partial charge in [-0.1, -0.05) is 39.9 Å². The molecule has 4 nitrogen and oxygen atoms in total. The molecule has 94 valence electrons. The highest BCUT2D eigenvalue weighted by Gasteiger charge is 2.20. The van der Waals surface area contributed by atoms with Gasteiger partial charge in [0.25, 0.3) is 0 Å². The van der Waals surface area contributed by atoms with E-state index < -0.39 is 0 Å². The minimum atomic E-state index is 0.249. The summed E-state index contributed by atoms with van der Waals surface area (Å²) in [6.07, 6.45) is 1.59. The molecule has 0 aliphatic heterocycles. The molecule has 17 heavy (non-hydrogen) atoms. The lowest BCUT2D eigenvalue weighted by atomic mass is 9.82. The zero-order valence-electron chi connectivity index (χ0n) is 10.8. The van der Waals surface area contributed by atoms with Crippen LogP contribution in [0.2, 0.25) is 0 Å². The van der Waals surface area contributed by atoms with Crippen LogP contribution in [0.25, 0.3) is 0 Å². The van der Waals surface area contributed by atoms with E-state index in [0.29, 0.717) is 16.7 Å². The zero-order valence-corrected chi connectivity index (χ0v) is 11.6. The number of rotatable bonds is 4. The second kappa shape index (κ2) is 5.40. The average molecular weight is 252 g/mol. The number of thiocarbonyl (C=S) groups is 1. The largest absolute Gasteiger partial charge is 0.389 e. The van der Waals surface area contributed by atoms with Gasteiger partial charge < -0.3 is 11.1 Å². The quantitative estimate of drug-likeness (QED) is 0.804. The number of anilines is 1. The van der Waals surface area contributed by atoms with Crippen LogP contribution < -0.4 is 11.1 Å². The van der Waals surface area contributed by atoms with Gasteiger partial charge in [0.05, 0.1) is 11.8 Å². The normalized spacial score (nSPS) is 13.2. The lowest BCUT2D eigenvalue weighted by molar-refractivity contribution is 0.274. The molecule has 0 saturated carbocycles. The smallest absolute Gasteiger partial charge is 0.158 e. The predicted octanol–water partition coefficient (Wildman–Crippen LogP) is 2.20. The molecular formula is C12H20N4S. The third-order valence-corrected chi connectivity index (χ3v) is 3.26. The van der Waals surface area contributed by atoms with E-state index in [1.54, 1.807) is 12.3 Å². The Morgan fingerprint density at radius 1 is 1.53 bits per heavy atom. The second-order valence-electron chi connectivity index (χ2n) is 5.31. The van der Waals surface area contributed by atoms with Crippen molar-refractivity contribution in [2.75, 3.05) is 11.9 Å². The van der Waals surface area contributed by atoms with Crippen molar-refractivity contribution in [1.29, 1.82) is 0 Å². The molecule has 1 unspecified atom stereocenters. The van der Waals surface area contributed by atoms with Gasteiger partial charge >= 0.3 is 0 Å². The van der Waals surface area contributed by atoms with Gasteiger partial charge in [-0.25, -0.2) is 0 Å². The average Bonchev–Trinajstić information content (AvgIpc) is 2.24. The Balaban J connectivity index is 2.73. The summed E-state index contributed by atoms with van der Waals surface area (Å²) in [6, 6.07) is 1.78. The van der Waals surface area contributed by atoms with Gasteiger partial charge in [0.15, 0.2) is 5.82 Å². The number of hydrogen-bond acceptors (Lipinski definition) is 4. The van der Waals surface area contributed by atoms with Crippen LogP contribution in [0.15, 0.2) is 12.3 Å². The minimum Gasteiger partial charge on any atom is -0.389 e. The topological polar surface area (TPSA) is 63.8 Å². The highest BCUT2D eigenvalue weighted by molar-refractivity contribution is 7.80. The van der Waals surface area contributed by atoms with E-state index in [1.165, 1.54) is 0 Å². The Bertz CT molecular complexity index is 398. The van der Waals surface area contributed by atoms with E-state index in [0.717, 1.165) is 12.1 Å². The van der Waals surface area contributed by atoms with Crippen LogP contribution in [0.4, 0.5) is 5.82 Å². The van der Waals surface area contributed by atoms with E-state index in [9.17, 15) is 0 Å². The fourth-order valence-corrected chi connectivity index (χ4v) is 1.38. The molecule has 0 radical (unpaired) electrons. The van der Waals surface area contributed by atoms with Crippen LogP contribution >= 0.6 is 12.2 Å². The summed E-state index contributed by atoms with van der Waals surface area (Å²) < 4.78 is 0.